The summed E-state index contributed by atoms with van der Waals surface area (Å²) in [5.74, 6) is -1.15. The third kappa shape index (κ3) is 5.63. The van der Waals surface area contributed by atoms with Gasteiger partial charge in [0.1, 0.15) is 23.6 Å². The van der Waals surface area contributed by atoms with E-state index >= 15 is 4.39 Å². The van der Waals surface area contributed by atoms with E-state index in [-0.39, 0.29) is 47.4 Å². The summed E-state index contributed by atoms with van der Waals surface area (Å²) in [5.41, 5.74) is -0.543. The molecule has 1 aromatic carbocycles. The van der Waals surface area contributed by atoms with Gasteiger partial charge in [-0.15, -0.1) is 5.10 Å². The number of carbonyl (C=O) groups excluding carboxylic acids is 2. The van der Waals surface area contributed by atoms with E-state index < -0.39 is 42.3 Å². The van der Waals surface area contributed by atoms with Crippen molar-refractivity contribution in [3.63, 3.8) is 0 Å². The van der Waals surface area contributed by atoms with Gasteiger partial charge in [-0.3, -0.25) is 9.69 Å². The molecule has 1 atom stereocenters. The van der Waals surface area contributed by atoms with Gasteiger partial charge >= 0.3 is 6.09 Å². The minimum atomic E-state index is -2.86. The molecule has 0 saturated carbocycles. The number of nitrogens with zero attached hydrogens (tertiary/aromatic N) is 5. The lowest BCUT2D eigenvalue weighted by atomic mass is 9.91. The van der Waals surface area contributed by atoms with Crippen LogP contribution in [0.1, 0.15) is 68.6 Å². The molecule has 0 N–H and O–H groups in total. The van der Waals surface area contributed by atoms with Crippen molar-refractivity contribution in [2.24, 2.45) is 7.05 Å². The molecule has 0 spiro atoms. The van der Waals surface area contributed by atoms with Crippen LogP contribution in [0.2, 0.25) is 5.02 Å². The fourth-order valence-corrected chi connectivity index (χ4v) is 5.00. The lowest BCUT2D eigenvalue weighted by Gasteiger charge is -2.40. The van der Waals surface area contributed by atoms with Crippen molar-refractivity contribution >= 4 is 23.6 Å². The second-order valence-corrected chi connectivity index (χ2v) is 10.5. The Balaban J connectivity index is 1.76. The maximum absolute atomic E-state index is 15.4. The highest BCUT2D eigenvalue weighted by atomic mass is 35.5. The second-order valence-electron chi connectivity index (χ2n) is 10.1. The number of alkyl halides is 2. The number of fused-ring (bicyclic) bond motifs is 1. The molecule has 0 radical (unpaired) electrons. The Morgan fingerprint density at radius 3 is 2.62 bits per heavy atom. The average Bonchev–Trinajstić information content (AvgIpc) is 3.37. The van der Waals surface area contributed by atoms with E-state index in [1.165, 1.54) is 11.9 Å². The SMILES string of the molecule is Cn1nnc(COc2c(F)cc(Cl)c3c2[C@@H](CN2CCCC2=O)N(C(=O)OC(C)(C)C)CC3)c1C(F)F. The van der Waals surface area contributed by atoms with Gasteiger partial charge in [-0.1, -0.05) is 16.8 Å². The van der Waals surface area contributed by atoms with Gasteiger partial charge in [0, 0.05) is 43.7 Å². The number of halogens is 4. The molecule has 13 heteroatoms. The van der Waals surface area contributed by atoms with E-state index in [9.17, 15) is 18.4 Å². The number of rotatable bonds is 6. The first-order valence-corrected chi connectivity index (χ1v) is 12.3. The molecule has 1 aromatic heterocycles. The molecule has 1 fully saturated rings. The zero-order valence-corrected chi connectivity index (χ0v) is 21.8. The van der Waals surface area contributed by atoms with Crippen LogP contribution in [0.4, 0.5) is 18.0 Å². The fraction of sp³-hybridized carbons (Fsp3) is 0.583. The van der Waals surface area contributed by atoms with Crippen molar-refractivity contribution in [3.8, 4) is 5.75 Å². The number of aryl methyl sites for hydroxylation is 1. The van der Waals surface area contributed by atoms with Gasteiger partial charge in [0.15, 0.2) is 11.6 Å². The van der Waals surface area contributed by atoms with Crippen LogP contribution in [0.15, 0.2) is 6.07 Å². The summed E-state index contributed by atoms with van der Waals surface area (Å²) in [6.07, 6.45) is -2.17. The molecule has 4 rings (SSSR count). The first-order valence-electron chi connectivity index (χ1n) is 11.9. The first-order chi connectivity index (χ1) is 17.4. The average molecular weight is 544 g/mol. The number of hydrogen-bond donors (Lipinski definition) is 0. The van der Waals surface area contributed by atoms with Gasteiger partial charge in [0.05, 0.1) is 6.04 Å². The molecule has 1 saturated heterocycles. The van der Waals surface area contributed by atoms with E-state index in [1.807, 2.05) is 0 Å². The molecular formula is C24H29ClF3N5O4. The van der Waals surface area contributed by atoms with Crippen LogP contribution >= 0.6 is 11.6 Å². The summed E-state index contributed by atoms with van der Waals surface area (Å²) in [7, 11) is 1.32. The number of aromatic nitrogens is 3. The quantitative estimate of drug-likeness (QED) is 0.530. The molecule has 0 bridgehead atoms. The third-order valence-electron chi connectivity index (χ3n) is 6.34. The van der Waals surface area contributed by atoms with Gasteiger partial charge in [0.2, 0.25) is 5.91 Å². The fourth-order valence-electron chi connectivity index (χ4n) is 4.71. The van der Waals surface area contributed by atoms with Gasteiger partial charge in [-0.25, -0.2) is 22.6 Å². The molecule has 2 aromatic rings. The predicted octanol–water partition coefficient (Wildman–Crippen LogP) is 4.58. The molecule has 2 aliphatic heterocycles. The summed E-state index contributed by atoms with van der Waals surface area (Å²) in [4.78, 5) is 28.7. The predicted molar refractivity (Wildman–Crippen MR) is 127 cm³/mol. The summed E-state index contributed by atoms with van der Waals surface area (Å²) >= 11 is 6.42. The minimum Gasteiger partial charge on any atom is -0.484 e. The standard InChI is InChI=1S/C24H29ClF3N5O4/c1-24(2,3)37-23(35)33-9-7-13-14(25)10-15(26)21(19(13)17(33)11-32-8-5-6-18(32)34)36-12-16-20(22(27)28)31(4)30-29-16/h10,17,22H,5-9,11-12H2,1-4H3/t17-/m1/s1. The van der Waals surface area contributed by atoms with Gasteiger partial charge in [-0.05, 0) is 45.2 Å². The molecule has 37 heavy (non-hydrogen) atoms. The van der Waals surface area contributed by atoms with Crippen LogP contribution in [0.25, 0.3) is 0 Å². The second kappa shape index (κ2) is 10.4. The Labute approximate surface area is 217 Å². The van der Waals surface area contributed by atoms with E-state index in [4.69, 9.17) is 21.1 Å². The maximum Gasteiger partial charge on any atom is 0.410 e. The van der Waals surface area contributed by atoms with Crippen LogP contribution in [0.3, 0.4) is 0 Å². The van der Waals surface area contributed by atoms with Crippen molar-refractivity contribution in [1.82, 2.24) is 24.8 Å². The smallest absolute Gasteiger partial charge is 0.410 e. The van der Waals surface area contributed by atoms with Crippen LogP contribution in [-0.2, 0) is 29.6 Å². The molecule has 0 aliphatic carbocycles. The molecule has 9 nitrogen and oxygen atoms in total. The Hall–Kier alpha value is -3.02. The summed E-state index contributed by atoms with van der Waals surface area (Å²) in [6.45, 7) is 5.49. The summed E-state index contributed by atoms with van der Waals surface area (Å²) < 4.78 is 54.7. The van der Waals surface area contributed by atoms with Gasteiger partial charge < -0.3 is 14.4 Å². The van der Waals surface area contributed by atoms with Gasteiger partial charge in [0.25, 0.3) is 6.43 Å². The van der Waals surface area contributed by atoms with Crippen LogP contribution in [0, 0.1) is 5.82 Å². The van der Waals surface area contributed by atoms with E-state index in [0.29, 0.717) is 24.9 Å². The topological polar surface area (TPSA) is 89.8 Å². The van der Waals surface area contributed by atoms with Crippen LogP contribution < -0.4 is 4.74 Å². The highest BCUT2D eigenvalue weighted by Gasteiger charge is 2.40. The van der Waals surface area contributed by atoms with Crippen molar-refractivity contribution in [2.45, 2.75) is 64.7 Å². The normalized spacial score (nSPS) is 18.0. The Morgan fingerprint density at radius 2 is 2.00 bits per heavy atom. The van der Waals surface area contributed by atoms with E-state index in [0.717, 1.165) is 10.7 Å². The molecule has 202 valence electrons. The largest absolute Gasteiger partial charge is 0.484 e. The van der Waals surface area contributed by atoms with Crippen LogP contribution in [-0.4, -0.2) is 62.0 Å². The number of carbonyl (C=O) groups is 2. The summed E-state index contributed by atoms with van der Waals surface area (Å²) in [5, 5.41) is 7.49. The zero-order valence-electron chi connectivity index (χ0n) is 21.1. The molecule has 2 amide bonds. The summed E-state index contributed by atoms with van der Waals surface area (Å²) in [6, 6.07) is 0.266. The Kier molecular flexibility index (Phi) is 7.59. The maximum atomic E-state index is 15.4. The highest BCUT2D eigenvalue weighted by Crippen LogP contribution is 2.43. The Bertz CT molecular complexity index is 1200. The molecule has 2 aliphatic rings. The lowest BCUT2D eigenvalue weighted by molar-refractivity contribution is -0.128. The van der Waals surface area contributed by atoms with Crippen molar-refractivity contribution < 1.29 is 32.2 Å². The third-order valence-corrected chi connectivity index (χ3v) is 6.67. The van der Waals surface area contributed by atoms with Crippen molar-refractivity contribution in [1.29, 1.82) is 0 Å². The number of amides is 2. The van der Waals surface area contributed by atoms with E-state index in [2.05, 4.69) is 10.3 Å². The van der Waals surface area contributed by atoms with Crippen molar-refractivity contribution in [3.05, 3.63) is 39.4 Å². The molecule has 0 unspecified atom stereocenters. The monoisotopic (exact) mass is 543 g/mol. The lowest BCUT2D eigenvalue weighted by Crippen LogP contribution is -2.47. The van der Waals surface area contributed by atoms with Crippen LogP contribution in [0.5, 0.6) is 5.75 Å². The van der Waals surface area contributed by atoms with E-state index in [1.54, 1.807) is 25.7 Å². The van der Waals surface area contributed by atoms with Crippen molar-refractivity contribution in [2.75, 3.05) is 19.6 Å². The minimum absolute atomic E-state index is 0.0780. The number of ether oxygens (including phenoxy) is 2. The number of hydrogen-bond acceptors (Lipinski definition) is 6. The molecular weight excluding hydrogens is 515 g/mol. The first kappa shape index (κ1) is 27.0. The zero-order chi connectivity index (χ0) is 27.1. The highest BCUT2D eigenvalue weighted by molar-refractivity contribution is 6.31. The van der Waals surface area contributed by atoms with Gasteiger partial charge in [-0.2, -0.15) is 0 Å². The number of likely N-dealkylation sites (tertiary alicyclic amines) is 1. The molecule has 3 heterocycles. The Morgan fingerprint density at radius 1 is 1.27 bits per heavy atom. The number of benzene rings is 1.